The van der Waals surface area contributed by atoms with Gasteiger partial charge < -0.3 is 0 Å². The maximum Gasteiger partial charge on any atom is 0.178 e. The average molecular weight is 334 g/mol. The van der Waals surface area contributed by atoms with Gasteiger partial charge in [-0.25, -0.2) is 0 Å². The van der Waals surface area contributed by atoms with Crippen molar-refractivity contribution in [2.24, 2.45) is 0 Å². The van der Waals surface area contributed by atoms with Crippen LogP contribution in [0.25, 0.3) is 11.1 Å². The van der Waals surface area contributed by atoms with Crippen LogP contribution in [0, 0.1) is 0 Å². The predicted octanol–water partition coefficient (Wildman–Crippen LogP) is 3.78. The summed E-state index contributed by atoms with van der Waals surface area (Å²) in [6.45, 7) is 0. The molecule has 124 valence electrons. The summed E-state index contributed by atoms with van der Waals surface area (Å²) in [4.78, 5) is 11.3. The van der Waals surface area contributed by atoms with Crippen LogP contribution < -0.4 is 10.4 Å². The Kier molecular flexibility index (Phi) is 4.44. The van der Waals surface area contributed by atoms with Gasteiger partial charge in [0.05, 0.1) is 0 Å². The van der Waals surface area contributed by atoms with Gasteiger partial charge in [-0.15, -0.1) is 0 Å². The van der Waals surface area contributed by atoms with Crippen molar-refractivity contribution < 1.29 is 4.79 Å². The lowest BCUT2D eigenvalue weighted by Gasteiger charge is -2.09. The number of carbonyl (C=O) groups is 1. The van der Waals surface area contributed by atoms with Gasteiger partial charge in [0.25, 0.3) is 0 Å². The monoisotopic (exact) mass is 334 g/mol. The highest BCUT2D eigenvalue weighted by Gasteiger charge is 2.05. The Hall–Kier alpha value is -3.45. The fraction of sp³-hybridized carbons (Fsp3) is 0. The van der Waals surface area contributed by atoms with Crippen molar-refractivity contribution in [2.75, 3.05) is 0 Å². The summed E-state index contributed by atoms with van der Waals surface area (Å²) in [5.41, 5.74) is 4.66. The molecule has 0 N–H and O–H groups in total. The Labute approximate surface area is 152 Å². The minimum absolute atomic E-state index is 0.0362. The average Bonchev–Trinajstić information content (AvgIpc) is 2.71. The maximum atomic E-state index is 11.3. The number of benzene rings is 3. The molecule has 0 saturated heterocycles. The summed E-state index contributed by atoms with van der Waals surface area (Å²) < 4.78 is 0. The van der Waals surface area contributed by atoms with Crippen LogP contribution in [0.2, 0.25) is 0 Å². The second kappa shape index (κ2) is 7.20. The first kappa shape index (κ1) is 16.0. The zero-order valence-corrected chi connectivity index (χ0v) is 14.3. The van der Waals surface area contributed by atoms with Gasteiger partial charge >= 0.3 is 0 Å². The zero-order valence-electron chi connectivity index (χ0n) is 14.3. The molecule has 1 aliphatic rings. The van der Waals surface area contributed by atoms with Gasteiger partial charge in [0.15, 0.2) is 5.78 Å². The molecule has 0 heterocycles. The van der Waals surface area contributed by atoms with Gasteiger partial charge in [0, 0.05) is 0 Å². The van der Waals surface area contributed by atoms with Crippen molar-refractivity contribution in [1.82, 2.24) is 0 Å². The van der Waals surface area contributed by atoms with Crippen molar-refractivity contribution in [3.05, 3.63) is 131 Å². The highest BCUT2D eigenvalue weighted by Crippen LogP contribution is 2.20. The number of rotatable bonds is 2. The number of carbonyl (C=O) groups excluding carboxylic acids is 1. The van der Waals surface area contributed by atoms with E-state index in [1.807, 2.05) is 24.3 Å². The van der Waals surface area contributed by atoms with Crippen LogP contribution in [-0.2, 0) is 4.79 Å². The molecule has 0 spiro atoms. The van der Waals surface area contributed by atoms with Gasteiger partial charge in [-0.05, 0) is 44.9 Å². The molecule has 0 unspecified atom stereocenters. The smallest absolute Gasteiger partial charge is 0.178 e. The van der Waals surface area contributed by atoms with Crippen molar-refractivity contribution >= 4 is 16.9 Å². The molecular formula is C25H18O. The van der Waals surface area contributed by atoms with E-state index in [1.54, 1.807) is 12.2 Å². The lowest BCUT2D eigenvalue weighted by molar-refractivity contribution is -0.110. The molecule has 0 atom stereocenters. The van der Waals surface area contributed by atoms with E-state index in [9.17, 15) is 4.79 Å². The minimum atomic E-state index is 0.0362. The topological polar surface area (TPSA) is 17.1 Å². The summed E-state index contributed by atoms with van der Waals surface area (Å²) in [5, 5.41) is 2.28. The van der Waals surface area contributed by atoms with Crippen LogP contribution in [0.1, 0.15) is 11.1 Å². The molecule has 1 heteroatoms. The van der Waals surface area contributed by atoms with Crippen molar-refractivity contribution in [3.63, 3.8) is 0 Å². The van der Waals surface area contributed by atoms with Gasteiger partial charge in [-0.2, -0.15) is 0 Å². The van der Waals surface area contributed by atoms with E-state index in [4.69, 9.17) is 0 Å². The Morgan fingerprint density at radius 1 is 0.538 bits per heavy atom. The maximum absolute atomic E-state index is 11.3. The minimum Gasteiger partial charge on any atom is -0.290 e. The van der Waals surface area contributed by atoms with E-state index in [2.05, 4.69) is 72.8 Å². The van der Waals surface area contributed by atoms with Crippen molar-refractivity contribution in [3.8, 4) is 0 Å². The predicted molar refractivity (Wildman–Crippen MR) is 107 cm³/mol. The Balaban J connectivity index is 1.92. The van der Waals surface area contributed by atoms with Crippen LogP contribution in [0.15, 0.2) is 109 Å². The molecule has 0 aromatic heterocycles. The van der Waals surface area contributed by atoms with E-state index in [-0.39, 0.29) is 5.78 Å². The second-order valence-corrected chi connectivity index (χ2v) is 6.21. The Bertz CT molecular complexity index is 1030. The lowest BCUT2D eigenvalue weighted by Crippen LogP contribution is -2.14. The van der Waals surface area contributed by atoms with Crippen LogP contribution in [0.3, 0.4) is 0 Å². The first-order valence-electron chi connectivity index (χ1n) is 8.67. The van der Waals surface area contributed by atoms with Gasteiger partial charge in [0.2, 0.25) is 0 Å². The second-order valence-electron chi connectivity index (χ2n) is 6.21. The fourth-order valence-corrected chi connectivity index (χ4v) is 3.19. The van der Waals surface area contributed by atoms with Crippen molar-refractivity contribution in [2.45, 2.75) is 0 Å². The molecule has 0 radical (unpaired) electrons. The largest absolute Gasteiger partial charge is 0.290 e. The summed E-state index contributed by atoms with van der Waals surface area (Å²) >= 11 is 0. The quantitative estimate of drug-likeness (QED) is 0.697. The molecule has 0 amide bonds. The van der Waals surface area contributed by atoms with E-state index < -0.39 is 0 Å². The SMILES string of the molecule is O=C1C=CC(=c2ccc(=C(c3ccccc3)c3ccccc3)cc2)C=C1. The van der Waals surface area contributed by atoms with Crippen LogP contribution in [0.5, 0.6) is 0 Å². The first-order valence-corrected chi connectivity index (χ1v) is 8.67. The van der Waals surface area contributed by atoms with Crippen LogP contribution in [-0.4, -0.2) is 5.78 Å². The third kappa shape index (κ3) is 3.33. The molecule has 3 aromatic carbocycles. The van der Waals surface area contributed by atoms with E-state index >= 15 is 0 Å². The number of allylic oxidation sites excluding steroid dienone is 4. The summed E-state index contributed by atoms with van der Waals surface area (Å²) in [6.07, 6.45) is 6.95. The molecule has 1 nitrogen and oxygen atoms in total. The van der Waals surface area contributed by atoms with E-state index in [0.717, 1.165) is 10.8 Å². The van der Waals surface area contributed by atoms with Crippen molar-refractivity contribution in [1.29, 1.82) is 0 Å². The molecule has 1 aliphatic carbocycles. The highest BCUT2D eigenvalue weighted by molar-refractivity contribution is 6.04. The third-order valence-electron chi connectivity index (χ3n) is 4.49. The molecule has 3 aromatic rings. The molecule has 0 fully saturated rings. The summed E-state index contributed by atoms with van der Waals surface area (Å²) in [7, 11) is 0. The number of hydrogen-bond acceptors (Lipinski definition) is 1. The normalized spacial score (nSPS) is 13.1. The Morgan fingerprint density at radius 2 is 1.04 bits per heavy atom. The Morgan fingerprint density at radius 3 is 1.54 bits per heavy atom. The molecule has 26 heavy (non-hydrogen) atoms. The lowest BCUT2D eigenvalue weighted by atomic mass is 9.95. The van der Waals surface area contributed by atoms with Gasteiger partial charge in [0.1, 0.15) is 0 Å². The molecule has 0 aliphatic heterocycles. The molecular weight excluding hydrogens is 316 g/mol. The molecule has 0 saturated carbocycles. The number of ketones is 1. The van der Waals surface area contributed by atoms with E-state index in [1.165, 1.54) is 21.9 Å². The zero-order chi connectivity index (χ0) is 17.8. The highest BCUT2D eigenvalue weighted by atomic mass is 16.1. The summed E-state index contributed by atoms with van der Waals surface area (Å²) in [6, 6.07) is 29.4. The van der Waals surface area contributed by atoms with Gasteiger partial charge in [-0.1, -0.05) is 97.1 Å². The number of hydrogen-bond donors (Lipinski definition) is 0. The molecule has 4 rings (SSSR count). The standard InChI is InChI=1S/C25H18O/c26-24-17-15-20(16-18-24)19-11-13-23(14-12-19)25(21-7-3-1-4-8-21)22-9-5-2-6-10-22/h1-18H. The first-order chi connectivity index (χ1) is 12.8. The summed E-state index contributed by atoms with van der Waals surface area (Å²) in [5.74, 6) is 0.0362. The third-order valence-corrected chi connectivity index (χ3v) is 4.49. The fourth-order valence-electron chi connectivity index (χ4n) is 3.19. The van der Waals surface area contributed by atoms with Gasteiger partial charge in [-0.3, -0.25) is 4.79 Å². The molecule has 0 bridgehead atoms. The van der Waals surface area contributed by atoms with Crippen LogP contribution in [0.4, 0.5) is 0 Å². The van der Waals surface area contributed by atoms with E-state index in [0.29, 0.717) is 0 Å². The van der Waals surface area contributed by atoms with Crippen LogP contribution >= 0.6 is 0 Å².